The molecule has 1 aromatic carbocycles. The Morgan fingerprint density at radius 2 is 2.31 bits per heavy atom. The molecule has 0 atom stereocenters. The molecular formula is C11H15ClN2O2. The van der Waals surface area contributed by atoms with Crippen molar-refractivity contribution in [2.24, 2.45) is 5.73 Å². The Balaban J connectivity index is 2.65. The minimum absolute atomic E-state index is 0.0266. The Labute approximate surface area is 99.7 Å². The summed E-state index contributed by atoms with van der Waals surface area (Å²) in [6.45, 7) is 2.76. The SMILES string of the molecule is CCNC(=O)COc1cc(Cl)ccc1CN. The van der Waals surface area contributed by atoms with Crippen LogP contribution in [-0.4, -0.2) is 19.1 Å². The largest absolute Gasteiger partial charge is 0.483 e. The van der Waals surface area contributed by atoms with Crippen molar-refractivity contribution in [2.75, 3.05) is 13.2 Å². The van der Waals surface area contributed by atoms with Crippen LogP contribution in [0, 0.1) is 0 Å². The number of nitrogens with two attached hydrogens (primary N) is 1. The molecule has 4 nitrogen and oxygen atoms in total. The number of benzene rings is 1. The number of amides is 1. The van der Waals surface area contributed by atoms with E-state index in [9.17, 15) is 4.79 Å². The highest BCUT2D eigenvalue weighted by Crippen LogP contribution is 2.22. The molecule has 1 rings (SSSR count). The summed E-state index contributed by atoms with van der Waals surface area (Å²) in [5, 5.41) is 3.20. The van der Waals surface area contributed by atoms with Gasteiger partial charge in [-0.3, -0.25) is 4.79 Å². The van der Waals surface area contributed by atoms with Crippen LogP contribution in [0.25, 0.3) is 0 Å². The lowest BCUT2D eigenvalue weighted by Gasteiger charge is -2.10. The van der Waals surface area contributed by atoms with Gasteiger partial charge in [-0.05, 0) is 19.1 Å². The molecule has 0 aliphatic rings. The second kappa shape index (κ2) is 6.35. The fourth-order valence-electron chi connectivity index (χ4n) is 1.22. The minimum Gasteiger partial charge on any atom is -0.483 e. The van der Waals surface area contributed by atoms with E-state index >= 15 is 0 Å². The number of likely N-dealkylation sites (N-methyl/N-ethyl adjacent to an activating group) is 1. The van der Waals surface area contributed by atoms with Gasteiger partial charge in [-0.25, -0.2) is 0 Å². The van der Waals surface area contributed by atoms with Crippen molar-refractivity contribution in [1.29, 1.82) is 0 Å². The van der Waals surface area contributed by atoms with Gasteiger partial charge in [0.05, 0.1) is 0 Å². The number of carbonyl (C=O) groups is 1. The summed E-state index contributed by atoms with van der Waals surface area (Å²) in [6.07, 6.45) is 0. The summed E-state index contributed by atoms with van der Waals surface area (Å²) < 4.78 is 5.35. The summed E-state index contributed by atoms with van der Waals surface area (Å²) in [5.74, 6) is 0.395. The van der Waals surface area contributed by atoms with Gasteiger partial charge in [0.2, 0.25) is 0 Å². The fraction of sp³-hybridized carbons (Fsp3) is 0.364. The first-order valence-corrected chi connectivity index (χ1v) is 5.43. The van der Waals surface area contributed by atoms with E-state index in [4.69, 9.17) is 22.1 Å². The highest BCUT2D eigenvalue weighted by Gasteiger charge is 2.06. The molecule has 88 valence electrons. The van der Waals surface area contributed by atoms with Crippen molar-refractivity contribution in [2.45, 2.75) is 13.5 Å². The van der Waals surface area contributed by atoms with E-state index in [1.807, 2.05) is 6.92 Å². The lowest BCUT2D eigenvalue weighted by atomic mass is 10.2. The van der Waals surface area contributed by atoms with Crippen molar-refractivity contribution >= 4 is 17.5 Å². The third-order valence-corrected chi connectivity index (χ3v) is 2.22. The minimum atomic E-state index is -0.162. The van der Waals surface area contributed by atoms with Crippen molar-refractivity contribution in [3.63, 3.8) is 0 Å². The summed E-state index contributed by atoms with van der Waals surface area (Å²) in [7, 11) is 0. The second-order valence-electron chi connectivity index (χ2n) is 3.20. The maximum atomic E-state index is 11.2. The summed E-state index contributed by atoms with van der Waals surface area (Å²) in [5.41, 5.74) is 6.37. The molecule has 3 N–H and O–H groups in total. The fourth-order valence-corrected chi connectivity index (χ4v) is 1.38. The van der Waals surface area contributed by atoms with Gasteiger partial charge in [0.15, 0.2) is 6.61 Å². The number of halogens is 1. The molecular weight excluding hydrogens is 228 g/mol. The normalized spacial score (nSPS) is 9.94. The van der Waals surface area contributed by atoms with Crippen molar-refractivity contribution in [1.82, 2.24) is 5.32 Å². The average molecular weight is 243 g/mol. The third-order valence-electron chi connectivity index (χ3n) is 1.98. The lowest BCUT2D eigenvalue weighted by molar-refractivity contribution is -0.122. The zero-order valence-electron chi connectivity index (χ0n) is 9.13. The first-order valence-electron chi connectivity index (χ1n) is 5.05. The van der Waals surface area contributed by atoms with Crippen molar-refractivity contribution in [3.05, 3.63) is 28.8 Å². The molecule has 0 saturated heterocycles. The summed E-state index contributed by atoms with van der Waals surface area (Å²) >= 11 is 5.83. The van der Waals surface area contributed by atoms with Gasteiger partial charge in [-0.1, -0.05) is 17.7 Å². The number of nitrogens with one attached hydrogen (secondary N) is 1. The van der Waals surface area contributed by atoms with E-state index in [0.29, 0.717) is 23.9 Å². The predicted octanol–water partition coefficient (Wildman–Crippen LogP) is 1.31. The number of hydrogen-bond donors (Lipinski definition) is 2. The van der Waals surface area contributed by atoms with Crippen LogP contribution in [0.3, 0.4) is 0 Å². The zero-order chi connectivity index (χ0) is 12.0. The van der Waals surface area contributed by atoms with Gasteiger partial charge in [0, 0.05) is 23.7 Å². The van der Waals surface area contributed by atoms with Gasteiger partial charge in [-0.15, -0.1) is 0 Å². The van der Waals surface area contributed by atoms with Crippen molar-refractivity contribution < 1.29 is 9.53 Å². The molecule has 0 bridgehead atoms. The highest BCUT2D eigenvalue weighted by atomic mass is 35.5. The molecule has 0 radical (unpaired) electrons. The molecule has 5 heteroatoms. The second-order valence-corrected chi connectivity index (χ2v) is 3.63. The zero-order valence-corrected chi connectivity index (χ0v) is 9.88. The Hall–Kier alpha value is -1.26. The standard InChI is InChI=1S/C11H15ClN2O2/c1-2-14-11(15)7-16-10-5-9(12)4-3-8(10)6-13/h3-5H,2,6-7,13H2,1H3,(H,14,15). The maximum Gasteiger partial charge on any atom is 0.257 e. The summed E-state index contributed by atoms with van der Waals surface area (Å²) in [4.78, 5) is 11.2. The molecule has 16 heavy (non-hydrogen) atoms. The topological polar surface area (TPSA) is 64.3 Å². The van der Waals surface area contributed by atoms with E-state index in [0.717, 1.165) is 5.56 Å². The van der Waals surface area contributed by atoms with Gasteiger partial charge < -0.3 is 15.8 Å². The van der Waals surface area contributed by atoms with Gasteiger partial charge in [0.1, 0.15) is 5.75 Å². The number of ether oxygens (including phenoxy) is 1. The average Bonchev–Trinajstić information content (AvgIpc) is 2.27. The predicted molar refractivity (Wildman–Crippen MR) is 63.5 cm³/mol. The van der Waals surface area contributed by atoms with E-state index in [1.165, 1.54) is 0 Å². The number of hydrogen-bond acceptors (Lipinski definition) is 3. The molecule has 0 heterocycles. The molecule has 0 aliphatic carbocycles. The molecule has 0 spiro atoms. The van der Waals surface area contributed by atoms with Crippen LogP contribution in [0.15, 0.2) is 18.2 Å². The number of rotatable bonds is 5. The Morgan fingerprint density at radius 3 is 2.94 bits per heavy atom. The molecule has 1 amide bonds. The molecule has 0 saturated carbocycles. The molecule has 0 fully saturated rings. The van der Waals surface area contributed by atoms with E-state index in [-0.39, 0.29) is 12.5 Å². The van der Waals surface area contributed by atoms with Crippen LogP contribution < -0.4 is 15.8 Å². The smallest absolute Gasteiger partial charge is 0.257 e. The Morgan fingerprint density at radius 1 is 1.56 bits per heavy atom. The summed E-state index contributed by atoms with van der Waals surface area (Å²) in [6, 6.07) is 5.18. The number of carbonyl (C=O) groups excluding carboxylic acids is 1. The van der Waals surface area contributed by atoms with Gasteiger partial charge in [-0.2, -0.15) is 0 Å². The van der Waals surface area contributed by atoms with E-state index in [2.05, 4.69) is 5.32 Å². The Kier molecular flexibility index (Phi) is 5.08. The monoisotopic (exact) mass is 242 g/mol. The highest BCUT2D eigenvalue weighted by molar-refractivity contribution is 6.30. The van der Waals surface area contributed by atoms with Crippen molar-refractivity contribution in [3.8, 4) is 5.75 Å². The van der Waals surface area contributed by atoms with Gasteiger partial charge in [0.25, 0.3) is 5.91 Å². The quantitative estimate of drug-likeness (QED) is 0.819. The van der Waals surface area contributed by atoms with Crippen LogP contribution in [0.1, 0.15) is 12.5 Å². The maximum absolute atomic E-state index is 11.2. The van der Waals surface area contributed by atoms with E-state index in [1.54, 1.807) is 18.2 Å². The molecule has 0 aliphatic heterocycles. The lowest BCUT2D eigenvalue weighted by Crippen LogP contribution is -2.28. The molecule has 0 aromatic heterocycles. The molecule has 0 unspecified atom stereocenters. The van der Waals surface area contributed by atoms with Crippen LogP contribution in [0.5, 0.6) is 5.75 Å². The molecule has 1 aromatic rings. The van der Waals surface area contributed by atoms with Crippen LogP contribution in [-0.2, 0) is 11.3 Å². The first-order chi connectivity index (χ1) is 7.67. The van der Waals surface area contributed by atoms with Crippen LogP contribution >= 0.6 is 11.6 Å². The van der Waals surface area contributed by atoms with Crippen LogP contribution in [0.4, 0.5) is 0 Å². The third kappa shape index (κ3) is 3.72. The first kappa shape index (κ1) is 12.8. The van der Waals surface area contributed by atoms with Crippen LogP contribution in [0.2, 0.25) is 5.02 Å². The van der Waals surface area contributed by atoms with E-state index < -0.39 is 0 Å². The van der Waals surface area contributed by atoms with Gasteiger partial charge >= 0.3 is 0 Å². The Bertz CT molecular complexity index is 369.